The van der Waals surface area contributed by atoms with E-state index < -0.39 is 10.8 Å². The fourth-order valence-electron chi connectivity index (χ4n) is 1.59. The van der Waals surface area contributed by atoms with Crippen molar-refractivity contribution in [3.8, 4) is 5.75 Å². The number of non-ortho nitro benzene ring substituents is 1. The van der Waals surface area contributed by atoms with Crippen molar-refractivity contribution in [1.29, 1.82) is 0 Å². The minimum Gasteiger partial charge on any atom is -0.506 e. The minimum absolute atomic E-state index is 0.0340. The second kappa shape index (κ2) is 7.47. The second-order valence-electron chi connectivity index (χ2n) is 4.25. The molecule has 1 aromatic carbocycles. The fourth-order valence-corrected chi connectivity index (χ4v) is 2.42. The van der Waals surface area contributed by atoms with Crippen LogP contribution in [-0.4, -0.2) is 21.0 Å². The summed E-state index contributed by atoms with van der Waals surface area (Å²) in [5.41, 5.74) is -0.177. The van der Waals surface area contributed by atoms with Crippen molar-refractivity contribution >= 4 is 52.0 Å². The Morgan fingerprint density at radius 2 is 2.17 bits per heavy atom. The highest BCUT2D eigenvalue weighted by atomic mass is 32.1. The Morgan fingerprint density at radius 1 is 1.39 bits per heavy atom. The van der Waals surface area contributed by atoms with Gasteiger partial charge in [0, 0.05) is 23.1 Å². The molecular formula is C14H11N3O4S2. The molecule has 0 radical (unpaired) electrons. The summed E-state index contributed by atoms with van der Waals surface area (Å²) in [6.07, 6.45) is 2.94. The largest absolute Gasteiger partial charge is 0.506 e. The number of anilines is 1. The van der Waals surface area contributed by atoms with Crippen LogP contribution in [0.4, 0.5) is 11.4 Å². The molecule has 0 aliphatic carbocycles. The van der Waals surface area contributed by atoms with Crippen LogP contribution in [0.25, 0.3) is 6.08 Å². The molecular weight excluding hydrogens is 338 g/mol. The van der Waals surface area contributed by atoms with E-state index in [1.54, 1.807) is 6.08 Å². The van der Waals surface area contributed by atoms with Gasteiger partial charge in [-0.05, 0) is 35.8 Å². The van der Waals surface area contributed by atoms with Gasteiger partial charge in [-0.2, -0.15) is 0 Å². The number of benzene rings is 1. The van der Waals surface area contributed by atoms with Crippen molar-refractivity contribution in [3.05, 3.63) is 56.8 Å². The number of nitrogens with zero attached hydrogens (tertiary/aromatic N) is 1. The Bertz CT molecular complexity index is 772. The molecule has 0 aliphatic rings. The van der Waals surface area contributed by atoms with Crippen LogP contribution in [0, 0.1) is 10.1 Å². The Morgan fingerprint density at radius 3 is 2.83 bits per heavy atom. The average molecular weight is 349 g/mol. The number of nitro benzene ring substituents is 1. The summed E-state index contributed by atoms with van der Waals surface area (Å²) in [5.74, 6) is -0.679. The number of thiocarbonyl (C=S) groups is 1. The molecule has 0 aliphatic heterocycles. The highest BCUT2D eigenvalue weighted by Gasteiger charge is 2.11. The van der Waals surface area contributed by atoms with Crippen molar-refractivity contribution in [3.63, 3.8) is 0 Å². The maximum atomic E-state index is 11.7. The SMILES string of the molecule is O=C(C=Cc1cccs1)NC(=S)Nc1cc([N+](=O)[O-])ccc1O. The molecule has 7 nitrogen and oxygen atoms in total. The molecule has 0 fully saturated rings. The highest BCUT2D eigenvalue weighted by Crippen LogP contribution is 2.27. The zero-order valence-corrected chi connectivity index (χ0v) is 13.2. The Kier molecular flexibility index (Phi) is 5.39. The van der Waals surface area contributed by atoms with Gasteiger partial charge in [-0.15, -0.1) is 11.3 Å². The Hall–Kier alpha value is -2.78. The third-order valence-electron chi connectivity index (χ3n) is 2.62. The maximum Gasteiger partial charge on any atom is 0.271 e. The van der Waals surface area contributed by atoms with Gasteiger partial charge >= 0.3 is 0 Å². The number of rotatable bonds is 4. The average Bonchev–Trinajstić information content (AvgIpc) is 3.00. The number of carbonyl (C=O) groups is 1. The molecule has 0 saturated heterocycles. The second-order valence-corrected chi connectivity index (χ2v) is 5.64. The molecule has 1 heterocycles. The van der Waals surface area contributed by atoms with E-state index in [1.807, 2.05) is 17.5 Å². The zero-order valence-electron chi connectivity index (χ0n) is 11.6. The lowest BCUT2D eigenvalue weighted by molar-refractivity contribution is -0.384. The van der Waals surface area contributed by atoms with Crippen LogP contribution in [0.1, 0.15) is 4.88 Å². The first-order valence-electron chi connectivity index (χ1n) is 6.26. The minimum atomic E-state index is -0.601. The van der Waals surface area contributed by atoms with Crippen LogP contribution in [0.15, 0.2) is 41.8 Å². The summed E-state index contributed by atoms with van der Waals surface area (Å²) < 4.78 is 0. The van der Waals surface area contributed by atoms with E-state index in [0.29, 0.717) is 0 Å². The highest BCUT2D eigenvalue weighted by molar-refractivity contribution is 7.80. The van der Waals surface area contributed by atoms with E-state index in [9.17, 15) is 20.0 Å². The Labute approximate surface area is 140 Å². The number of hydrogen-bond donors (Lipinski definition) is 3. The van der Waals surface area contributed by atoms with Gasteiger partial charge < -0.3 is 10.4 Å². The van der Waals surface area contributed by atoms with E-state index in [0.717, 1.165) is 17.0 Å². The van der Waals surface area contributed by atoms with Gasteiger partial charge in [0.1, 0.15) is 5.75 Å². The molecule has 2 aromatic rings. The van der Waals surface area contributed by atoms with Crippen molar-refractivity contribution in [2.45, 2.75) is 0 Å². The third kappa shape index (κ3) is 4.87. The van der Waals surface area contributed by atoms with Crippen molar-refractivity contribution in [1.82, 2.24) is 5.32 Å². The quantitative estimate of drug-likeness (QED) is 0.258. The van der Waals surface area contributed by atoms with Gasteiger partial charge in [-0.3, -0.25) is 20.2 Å². The van der Waals surface area contributed by atoms with Gasteiger partial charge in [0.2, 0.25) is 5.91 Å². The molecule has 0 bridgehead atoms. The first-order valence-corrected chi connectivity index (χ1v) is 7.55. The predicted octanol–water partition coefficient (Wildman–Crippen LogP) is 2.89. The first-order chi connectivity index (χ1) is 11.0. The van der Waals surface area contributed by atoms with Crippen molar-refractivity contribution in [2.24, 2.45) is 0 Å². The van der Waals surface area contributed by atoms with E-state index >= 15 is 0 Å². The lowest BCUT2D eigenvalue weighted by atomic mass is 10.2. The van der Waals surface area contributed by atoms with Gasteiger partial charge in [-0.1, -0.05) is 6.07 Å². The molecule has 9 heteroatoms. The van der Waals surface area contributed by atoms with E-state index in [2.05, 4.69) is 10.6 Å². The lowest BCUT2D eigenvalue weighted by Gasteiger charge is -2.09. The standard InChI is InChI=1S/C14H11N3O4S2/c18-12-5-3-9(17(20)21)8-11(12)15-14(22)16-13(19)6-4-10-2-1-7-23-10/h1-8,18H,(H2,15,16,19,22). The summed E-state index contributed by atoms with van der Waals surface area (Å²) in [7, 11) is 0. The smallest absolute Gasteiger partial charge is 0.271 e. The van der Waals surface area contributed by atoms with Crippen LogP contribution < -0.4 is 10.6 Å². The van der Waals surface area contributed by atoms with Gasteiger partial charge in [0.05, 0.1) is 10.6 Å². The predicted molar refractivity (Wildman–Crippen MR) is 92.5 cm³/mol. The number of hydrogen-bond acceptors (Lipinski definition) is 6. The number of phenols is 1. The number of nitro groups is 1. The van der Waals surface area contributed by atoms with E-state index in [-0.39, 0.29) is 22.2 Å². The van der Waals surface area contributed by atoms with Crippen LogP contribution >= 0.6 is 23.6 Å². The van der Waals surface area contributed by atoms with Gasteiger partial charge in [0.25, 0.3) is 5.69 Å². The number of thiophene rings is 1. The van der Waals surface area contributed by atoms with Crippen LogP contribution in [-0.2, 0) is 4.79 Å². The van der Waals surface area contributed by atoms with Crippen molar-refractivity contribution in [2.75, 3.05) is 5.32 Å². The monoisotopic (exact) mass is 349 g/mol. The van der Waals surface area contributed by atoms with E-state index in [4.69, 9.17) is 12.2 Å². The number of amides is 1. The van der Waals surface area contributed by atoms with Crippen LogP contribution in [0.5, 0.6) is 5.75 Å². The third-order valence-corrected chi connectivity index (χ3v) is 3.66. The molecule has 1 aromatic heterocycles. The van der Waals surface area contributed by atoms with Crippen molar-refractivity contribution < 1.29 is 14.8 Å². The van der Waals surface area contributed by atoms with Gasteiger partial charge in [0.15, 0.2) is 5.11 Å². The summed E-state index contributed by atoms with van der Waals surface area (Å²) in [5, 5.41) is 27.1. The molecule has 23 heavy (non-hydrogen) atoms. The number of carbonyl (C=O) groups excluding carboxylic acids is 1. The molecule has 3 N–H and O–H groups in total. The zero-order chi connectivity index (χ0) is 16.8. The fraction of sp³-hybridized carbons (Fsp3) is 0. The molecule has 0 spiro atoms. The molecule has 0 unspecified atom stereocenters. The van der Waals surface area contributed by atoms with E-state index in [1.165, 1.54) is 23.5 Å². The number of nitrogens with one attached hydrogen (secondary N) is 2. The molecule has 0 atom stereocenters. The summed E-state index contributed by atoms with van der Waals surface area (Å²) in [6.45, 7) is 0. The summed E-state index contributed by atoms with van der Waals surface area (Å²) >= 11 is 6.42. The summed E-state index contributed by atoms with van der Waals surface area (Å²) in [4.78, 5) is 22.7. The number of phenolic OH excluding ortho intramolecular Hbond substituents is 1. The summed E-state index contributed by atoms with van der Waals surface area (Å²) in [6, 6.07) is 7.16. The lowest BCUT2D eigenvalue weighted by Crippen LogP contribution is -2.32. The van der Waals surface area contributed by atoms with Crippen LogP contribution in [0.3, 0.4) is 0 Å². The topological polar surface area (TPSA) is 104 Å². The molecule has 1 amide bonds. The molecule has 2 rings (SSSR count). The maximum absolute atomic E-state index is 11.7. The van der Waals surface area contributed by atoms with Gasteiger partial charge in [-0.25, -0.2) is 0 Å². The Balaban J connectivity index is 1.98. The molecule has 0 saturated carbocycles. The molecule has 118 valence electrons. The number of aromatic hydroxyl groups is 1. The van der Waals surface area contributed by atoms with Crippen LogP contribution in [0.2, 0.25) is 0 Å². The first kappa shape index (κ1) is 16.6. The normalized spacial score (nSPS) is 10.4.